The summed E-state index contributed by atoms with van der Waals surface area (Å²) in [6.07, 6.45) is 0. The molecule has 0 bridgehead atoms. The third-order valence-electron chi connectivity index (χ3n) is 5.03. The van der Waals surface area contributed by atoms with Crippen LogP contribution in [0.2, 0.25) is 0 Å². The van der Waals surface area contributed by atoms with Crippen molar-refractivity contribution in [1.82, 2.24) is 9.80 Å². The number of halogens is 2. The quantitative estimate of drug-likeness (QED) is 0.459. The second-order valence-corrected chi connectivity index (χ2v) is 7.62. The first-order chi connectivity index (χ1) is 15.9. The SMILES string of the molecule is COCCN(CC(=O)N(Cc1ccc(F)cc1)Cc1ccc(C)o1)C(=O)c1cccc(F)c1. The highest BCUT2D eigenvalue weighted by Gasteiger charge is 2.23. The zero-order valence-electron chi connectivity index (χ0n) is 18.6. The normalized spacial score (nSPS) is 10.8. The number of ether oxygens (including phenoxy) is 1. The van der Waals surface area contributed by atoms with Crippen LogP contribution in [0.15, 0.2) is 65.1 Å². The summed E-state index contributed by atoms with van der Waals surface area (Å²) in [5.41, 5.74) is 0.874. The average Bonchev–Trinajstić information content (AvgIpc) is 3.21. The van der Waals surface area contributed by atoms with Gasteiger partial charge in [-0.3, -0.25) is 9.59 Å². The predicted octanol–water partition coefficient (Wildman–Crippen LogP) is 4.18. The standard InChI is InChI=1S/C25H26F2N2O4/c1-18-6-11-23(33-18)16-29(15-19-7-9-21(26)10-8-19)24(30)17-28(12-13-32-2)25(31)20-4-3-5-22(27)14-20/h3-11,14H,12-13,15-17H2,1-2H3. The van der Waals surface area contributed by atoms with Gasteiger partial charge in [0.15, 0.2) is 0 Å². The Kier molecular flexibility index (Phi) is 8.32. The summed E-state index contributed by atoms with van der Waals surface area (Å²) in [6, 6.07) is 14.8. The minimum Gasteiger partial charge on any atom is -0.464 e. The first-order valence-corrected chi connectivity index (χ1v) is 10.5. The molecule has 0 saturated heterocycles. The molecule has 0 aliphatic rings. The molecule has 0 spiro atoms. The molecule has 0 saturated carbocycles. The zero-order valence-corrected chi connectivity index (χ0v) is 18.6. The van der Waals surface area contributed by atoms with Crippen molar-refractivity contribution in [3.8, 4) is 0 Å². The maximum atomic E-state index is 13.6. The molecule has 3 rings (SSSR count). The van der Waals surface area contributed by atoms with Gasteiger partial charge < -0.3 is 19.0 Å². The fraction of sp³-hybridized carbons (Fsp3) is 0.280. The van der Waals surface area contributed by atoms with Crippen molar-refractivity contribution in [2.45, 2.75) is 20.0 Å². The summed E-state index contributed by atoms with van der Waals surface area (Å²) in [6.45, 7) is 2.31. The first-order valence-electron chi connectivity index (χ1n) is 10.5. The monoisotopic (exact) mass is 456 g/mol. The first kappa shape index (κ1) is 24.1. The van der Waals surface area contributed by atoms with Gasteiger partial charge in [0.25, 0.3) is 5.91 Å². The van der Waals surface area contributed by atoms with E-state index in [0.717, 1.165) is 11.6 Å². The van der Waals surface area contributed by atoms with Crippen LogP contribution in [0.5, 0.6) is 0 Å². The van der Waals surface area contributed by atoms with Crippen LogP contribution in [-0.4, -0.2) is 48.4 Å². The molecular weight excluding hydrogens is 430 g/mol. The van der Waals surface area contributed by atoms with Gasteiger partial charge in [0.05, 0.1) is 13.2 Å². The third-order valence-corrected chi connectivity index (χ3v) is 5.03. The van der Waals surface area contributed by atoms with E-state index in [0.29, 0.717) is 11.5 Å². The molecule has 8 heteroatoms. The number of methoxy groups -OCH3 is 1. The average molecular weight is 456 g/mol. The van der Waals surface area contributed by atoms with Crippen molar-refractivity contribution in [3.63, 3.8) is 0 Å². The number of carbonyl (C=O) groups excluding carboxylic acids is 2. The van der Waals surface area contributed by atoms with Gasteiger partial charge in [-0.1, -0.05) is 18.2 Å². The lowest BCUT2D eigenvalue weighted by Gasteiger charge is -2.27. The predicted molar refractivity (Wildman–Crippen MR) is 118 cm³/mol. The molecule has 0 radical (unpaired) electrons. The van der Waals surface area contributed by atoms with Gasteiger partial charge in [0, 0.05) is 25.8 Å². The number of amides is 2. The van der Waals surface area contributed by atoms with Crippen LogP contribution in [-0.2, 0) is 22.6 Å². The van der Waals surface area contributed by atoms with Crippen LogP contribution >= 0.6 is 0 Å². The van der Waals surface area contributed by atoms with E-state index in [9.17, 15) is 18.4 Å². The van der Waals surface area contributed by atoms with Gasteiger partial charge in [-0.15, -0.1) is 0 Å². The molecule has 0 aliphatic heterocycles. The molecule has 3 aromatic rings. The molecule has 6 nitrogen and oxygen atoms in total. The largest absolute Gasteiger partial charge is 0.464 e. The highest BCUT2D eigenvalue weighted by Crippen LogP contribution is 2.15. The van der Waals surface area contributed by atoms with Gasteiger partial charge in [-0.2, -0.15) is 0 Å². The number of benzene rings is 2. The minimum atomic E-state index is -0.537. The summed E-state index contributed by atoms with van der Waals surface area (Å²) >= 11 is 0. The van der Waals surface area contributed by atoms with E-state index >= 15 is 0 Å². The minimum absolute atomic E-state index is 0.144. The molecule has 0 N–H and O–H groups in total. The Hall–Kier alpha value is -3.52. The van der Waals surface area contributed by atoms with Crippen molar-refractivity contribution in [3.05, 3.63) is 94.9 Å². The Labute approximate surface area is 191 Å². The smallest absolute Gasteiger partial charge is 0.254 e. The Morgan fingerprint density at radius 3 is 2.33 bits per heavy atom. The number of rotatable bonds is 10. The van der Waals surface area contributed by atoms with Crippen LogP contribution in [0.4, 0.5) is 8.78 Å². The fourth-order valence-corrected chi connectivity index (χ4v) is 3.32. The lowest BCUT2D eigenvalue weighted by atomic mass is 10.1. The van der Waals surface area contributed by atoms with Crippen molar-refractivity contribution in [1.29, 1.82) is 0 Å². The molecular formula is C25H26F2N2O4. The van der Waals surface area contributed by atoms with Crippen LogP contribution < -0.4 is 0 Å². The Bertz CT molecular complexity index is 1080. The van der Waals surface area contributed by atoms with E-state index in [1.54, 1.807) is 31.2 Å². The highest BCUT2D eigenvalue weighted by molar-refractivity contribution is 5.96. The number of carbonyl (C=O) groups is 2. The highest BCUT2D eigenvalue weighted by atomic mass is 19.1. The van der Waals surface area contributed by atoms with Gasteiger partial charge in [-0.25, -0.2) is 8.78 Å². The van der Waals surface area contributed by atoms with Gasteiger partial charge in [0.2, 0.25) is 5.91 Å². The maximum Gasteiger partial charge on any atom is 0.254 e. The zero-order chi connectivity index (χ0) is 23.8. The van der Waals surface area contributed by atoms with Gasteiger partial charge >= 0.3 is 0 Å². The molecule has 0 atom stereocenters. The number of hydrogen-bond donors (Lipinski definition) is 0. The van der Waals surface area contributed by atoms with Crippen LogP contribution in [0.3, 0.4) is 0 Å². The molecule has 1 heterocycles. The molecule has 2 amide bonds. The lowest BCUT2D eigenvalue weighted by Crippen LogP contribution is -2.43. The fourth-order valence-electron chi connectivity index (χ4n) is 3.32. The molecule has 0 unspecified atom stereocenters. The number of furan rings is 1. The summed E-state index contributed by atoms with van der Waals surface area (Å²) in [4.78, 5) is 29.2. The van der Waals surface area contributed by atoms with Crippen molar-refractivity contribution < 1.29 is 27.5 Å². The number of nitrogens with zero attached hydrogens (tertiary/aromatic N) is 2. The van der Waals surface area contributed by atoms with E-state index in [4.69, 9.17) is 9.15 Å². The topological polar surface area (TPSA) is 63.0 Å². The maximum absolute atomic E-state index is 13.6. The molecule has 33 heavy (non-hydrogen) atoms. The number of aryl methyl sites for hydroxylation is 1. The van der Waals surface area contributed by atoms with Gasteiger partial charge in [0.1, 0.15) is 29.7 Å². The summed E-state index contributed by atoms with van der Waals surface area (Å²) in [7, 11) is 1.49. The van der Waals surface area contributed by atoms with Gasteiger partial charge in [-0.05, 0) is 55.0 Å². The molecule has 0 aliphatic carbocycles. The third kappa shape index (κ3) is 6.98. The lowest BCUT2D eigenvalue weighted by molar-refractivity contribution is -0.133. The molecule has 0 fully saturated rings. The van der Waals surface area contributed by atoms with E-state index in [1.165, 1.54) is 47.2 Å². The number of hydrogen-bond acceptors (Lipinski definition) is 4. The summed E-state index contributed by atoms with van der Waals surface area (Å²) in [5.74, 6) is -0.426. The van der Waals surface area contributed by atoms with Crippen molar-refractivity contribution >= 4 is 11.8 Å². The van der Waals surface area contributed by atoms with E-state index in [1.807, 2.05) is 0 Å². The van der Waals surface area contributed by atoms with E-state index < -0.39 is 11.7 Å². The van der Waals surface area contributed by atoms with E-state index in [-0.39, 0.29) is 50.1 Å². The van der Waals surface area contributed by atoms with E-state index in [2.05, 4.69) is 0 Å². The molecule has 1 aromatic heterocycles. The van der Waals surface area contributed by atoms with Crippen molar-refractivity contribution in [2.24, 2.45) is 0 Å². The Morgan fingerprint density at radius 2 is 1.70 bits per heavy atom. The van der Waals surface area contributed by atoms with Crippen LogP contribution in [0, 0.1) is 18.6 Å². The molecule has 2 aromatic carbocycles. The van der Waals surface area contributed by atoms with Crippen molar-refractivity contribution in [2.75, 3.05) is 26.8 Å². The second kappa shape index (κ2) is 11.4. The van der Waals surface area contributed by atoms with Crippen LogP contribution in [0.25, 0.3) is 0 Å². The Balaban J connectivity index is 1.81. The second-order valence-electron chi connectivity index (χ2n) is 7.62. The molecule has 174 valence electrons. The summed E-state index contributed by atoms with van der Waals surface area (Å²) < 4.78 is 37.7. The summed E-state index contributed by atoms with van der Waals surface area (Å²) in [5, 5.41) is 0. The Morgan fingerprint density at radius 1 is 0.939 bits per heavy atom. The van der Waals surface area contributed by atoms with Crippen LogP contribution in [0.1, 0.15) is 27.4 Å².